The maximum atomic E-state index is 12.6. The molecule has 116 valence electrons. The molecule has 1 heterocycles. The molecule has 0 saturated heterocycles. The SMILES string of the molecule is Cc1cc(Br)c(N2C(=O)c3ccccc3C2=O)c(Br)c1[N+](=O)[O-]. The number of aryl methyl sites for hydroxylation is 1. The van der Waals surface area contributed by atoms with E-state index in [1.165, 1.54) is 6.07 Å². The van der Waals surface area contributed by atoms with Gasteiger partial charge in [-0.3, -0.25) is 19.7 Å². The zero-order valence-electron chi connectivity index (χ0n) is 11.7. The topological polar surface area (TPSA) is 80.5 Å². The zero-order chi connectivity index (χ0) is 16.9. The highest BCUT2D eigenvalue weighted by Crippen LogP contribution is 2.44. The molecule has 1 aliphatic rings. The standard InChI is InChI=1S/C15H8Br2N2O4/c1-7-6-10(16)13(11(17)12(7)19(22)23)18-14(20)8-4-2-3-5-9(8)15(18)21/h2-6H,1H3. The van der Waals surface area contributed by atoms with Gasteiger partial charge in [0.2, 0.25) is 0 Å². The Balaban J connectivity index is 2.25. The van der Waals surface area contributed by atoms with Gasteiger partial charge >= 0.3 is 0 Å². The Kier molecular flexibility index (Phi) is 3.81. The number of fused-ring (bicyclic) bond motifs is 1. The molecular formula is C15H8Br2N2O4. The monoisotopic (exact) mass is 438 g/mol. The smallest absolute Gasteiger partial charge is 0.268 e. The second-order valence-corrected chi connectivity index (χ2v) is 6.58. The van der Waals surface area contributed by atoms with Gasteiger partial charge in [-0.05, 0) is 57.0 Å². The predicted molar refractivity (Wildman–Crippen MR) is 90.8 cm³/mol. The first-order valence-electron chi connectivity index (χ1n) is 6.45. The fraction of sp³-hybridized carbons (Fsp3) is 0.0667. The van der Waals surface area contributed by atoms with Crippen LogP contribution < -0.4 is 4.90 Å². The minimum atomic E-state index is -0.548. The maximum Gasteiger partial charge on any atom is 0.288 e. The third-order valence-corrected chi connectivity index (χ3v) is 4.91. The number of rotatable bonds is 2. The quantitative estimate of drug-likeness (QED) is 0.398. The number of carbonyl (C=O) groups excluding carboxylic acids is 2. The van der Waals surface area contributed by atoms with Crippen LogP contribution in [-0.2, 0) is 0 Å². The van der Waals surface area contributed by atoms with Crippen LogP contribution in [0.4, 0.5) is 11.4 Å². The summed E-state index contributed by atoms with van der Waals surface area (Å²) in [4.78, 5) is 36.8. The Bertz CT molecular complexity index is 860. The molecular weight excluding hydrogens is 432 g/mol. The average Bonchev–Trinajstić information content (AvgIpc) is 2.72. The number of anilines is 1. The van der Waals surface area contributed by atoms with Gasteiger partial charge in [-0.25, -0.2) is 4.90 Å². The molecule has 2 aromatic rings. The van der Waals surface area contributed by atoms with Crippen molar-refractivity contribution in [3.63, 3.8) is 0 Å². The second kappa shape index (κ2) is 5.54. The average molecular weight is 440 g/mol. The van der Waals surface area contributed by atoms with Crippen molar-refractivity contribution in [2.24, 2.45) is 0 Å². The largest absolute Gasteiger partial charge is 0.288 e. The lowest BCUT2D eigenvalue weighted by Crippen LogP contribution is -2.30. The molecule has 0 aromatic heterocycles. The van der Waals surface area contributed by atoms with Gasteiger partial charge in [-0.2, -0.15) is 0 Å². The van der Waals surface area contributed by atoms with Crippen molar-refractivity contribution >= 4 is 55.0 Å². The highest BCUT2D eigenvalue weighted by Gasteiger charge is 2.40. The van der Waals surface area contributed by atoms with Crippen LogP contribution >= 0.6 is 31.9 Å². The molecule has 1 aliphatic heterocycles. The first-order valence-corrected chi connectivity index (χ1v) is 8.04. The van der Waals surface area contributed by atoms with Gasteiger partial charge in [0, 0.05) is 10.0 Å². The molecule has 2 aromatic carbocycles. The summed E-state index contributed by atoms with van der Waals surface area (Å²) in [6, 6.07) is 7.95. The molecule has 6 nitrogen and oxygen atoms in total. The summed E-state index contributed by atoms with van der Waals surface area (Å²) < 4.78 is 0.505. The van der Waals surface area contributed by atoms with Crippen molar-refractivity contribution in [1.82, 2.24) is 0 Å². The summed E-state index contributed by atoms with van der Waals surface area (Å²) in [6.07, 6.45) is 0. The van der Waals surface area contributed by atoms with Gasteiger partial charge in [0.05, 0.1) is 21.7 Å². The molecule has 2 amide bonds. The summed E-state index contributed by atoms with van der Waals surface area (Å²) in [5.74, 6) is -1.02. The Morgan fingerprint density at radius 3 is 2.09 bits per heavy atom. The summed E-state index contributed by atoms with van der Waals surface area (Å²) in [7, 11) is 0. The van der Waals surface area contributed by atoms with E-state index >= 15 is 0 Å². The van der Waals surface area contributed by atoms with E-state index < -0.39 is 16.7 Å². The number of hydrogen-bond donors (Lipinski definition) is 0. The van der Waals surface area contributed by atoms with E-state index in [1.54, 1.807) is 31.2 Å². The molecule has 0 N–H and O–H groups in total. The van der Waals surface area contributed by atoms with Crippen molar-refractivity contribution in [1.29, 1.82) is 0 Å². The molecule has 8 heteroatoms. The summed E-state index contributed by atoms with van der Waals surface area (Å²) in [5.41, 5.74) is 0.918. The second-order valence-electron chi connectivity index (χ2n) is 4.93. The van der Waals surface area contributed by atoms with Crippen LogP contribution in [0.2, 0.25) is 0 Å². The lowest BCUT2D eigenvalue weighted by molar-refractivity contribution is -0.386. The minimum absolute atomic E-state index is 0.0869. The molecule has 0 atom stereocenters. The van der Waals surface area contributed by atoms with E-state index in [1.807, 2.05) is 0 Å². The normalized spacial score (nSPS) is 13.4. The molecule has 0 aliphatic carbocycles. The van der Waals surface area contributed by atoms with Crippen molar-refractivity contribution in [2.75, 3.05) is 4.90 Å². The number of amides is 2. The van der Waals surface area contributed by atoms with Crippen LogP contribution in [0, 0.1) is 17.0 Å². The summed E-state index contributed by atoms with van der Waals surface area (Å²) in [5, 5.41) is 11.3. The number of imide groups is 1. The van der Waals surface area contributed by atoms with Gasteiger partial charge in [-0.15, -0.1) is 0 Å². The lowest BCUT2D eigenvalue weighted by Gasteiger charge is -2.18. The van der Waals surface area contributed by atoms with Crippen LogP contribution in [0.3, 0.4) is 0 Å². The molecule has 0 saturated carbocycles. The van der Waals surface area contributed by atoms with Crippen LogP contribution in [-0.4, -0.2) is 16.7 Å². The zero-order valence-corrected chi connectivity index (χ0v) is 14.8. The van der Waals surface area contributed by atoms with E-state index in [2.05, 4.69) is 31.9 Å². The van der Waals surface area contributed by atoms with E-state index in [-0.39, 0.29) is 27.0 Å². The molecule has 0 fully saturated rings. The molecule has 0 spiro atoms. The van der Waals surface area contributed by atoms with E-state index in [9.17, 15) is 19.7 Å². The molecule has 3 rings (SSSR count). The van der Waals surface area contributed by atoms with Crippen LogP contribution in [0.5, 0.6) is 0 Å². The molecule has 0 bridgehead atoms. The van der Waals surface area contributed by atoms with Crippen molar-refractivity contribution < 1.29 is 14.5 Å². The Labute approximate surface area is 147 Å². The summed E-state index contributed by atoms with van der Waals surface area (Å²) >= 11 is 6.47. The first-order chi connectivity index (χ1) is 10.8. The number of hydrogen-bond acceptors (Lipinski definition) is 4. The fourth-order valence-corrected chi connectivity index (χ4v) is 4.37. The number of carbonyl (C=O) groups is 2. The molecule has 0 unspecified atom stereocenters. The van der Waals surface area contributed by atoms with E-state index in [0.29, 0.717) is 10.0 Å². The number of nitro groups is 1. The Morgan fingerprint density at radius 2 is 1.61 bits per heavy atom. The number of halogens is 2. The van der Waals surface area contributed by atoms with Gasteiger partial charge in [-0.1, -0.05) is 12.1 Å². The highest BCUT2D eigenvalue weighted by molar-refractivity contribution is 9.11. The maximum absolute atomic E-state index is 12.6. The minimum Gasteiger partial charge on any atom is -0.268 e. The fourth-order valence-electron chi connectivity index (χ4n) is 2.54. The van der Waals surface area contributed by atoms with Crippen molar-refractivity contribution in [2.45, 2.75) is 6.92 Å². The highest BCUT2D eigenvalue weighted by atomic mass is 79.9. The van der Waals surface area contributed by atoms with Crippen LogP contribution in [0.15, 0.2) is 39.3 Å². The van der Waals surface area contributed by atoms with E-state index in [0.717, 1.165) is 4.90 Å². The van der Waals surface area contributed by atoms with Gasteiger partial charge in [0.15, 0.2) is 0 Å². The molecule has 23 heavy (non-hydrogen) atoms. The summed E-state index contributed by atoms with van der Waals surface area (Å²) in [6.45, 7) is 1.58. The van der Waals surface area contributed by atoms with Gasteiger partial charge in [0.1, 0.15) is 4.47 Å². The van der Waals surface area contributed by atoms with E-state index in [4.69, 9.17) is 0 Å². The van der Waals surface area contributed by atoms with Crippen molar-refractivity contribution in [3.8, 4) is 0 Å². The number of nitrogens with zero attached hydrogens (tertiary/aromatic N) is 2. The third kappa shape index (κ3) is 2.29. The number of benzene rings is 2. The van der Waals surface area contributed by atoms with Crippen LogP contribution in [0.25, 0.3) is 0 Å². The van der Waals surface area contributed by atoms with Crippen molar-refractivity contribution in [3.05, 3.63) is 66.1 Å². The first kappa shape index (κ1) is 15.8. The Hall–Kier alpha value is -2.06. The Morgan fingerprint density at radius 1 is 1.09 bits per heavy atom. The lowest BCUT2D eigenvalue weighted by atomic mass is 10.1. The molecule has 0 radical (unpaired) electrons. The van der Waals surface area contributed by atoms with Crippen LogP contribution in [0.1, 0.15) is 26.3 Å². The number of nitro benzene ring substituents is 1. The van der Waals surface area contributed by atoms with Gasteiger partial charge in [0.25, 0.3) is 17.5 Å². The van der Waals surface area contributed by atoms with Gasteiger partial charge < -0.3 is 0 Å². The third-order valence-electron chi connectivity index (χ3n) is 3.56. The predicted octanol–water partition coefficient (Wildman–Crippen LogP) is 4.23.